The summed E-state index contributed by atoms with van der Waals surface area (Å²) in [6, 6.07) is 1.63. The second-order valence-corrected chi connectivity index (χ2v) is 3.31. The highest BCUT2D eigenvalue weighted by molar-refractivity contribution is 5.79. The highest BCUT2D eigenvalue weighted by Crippen LogP contribution is 2.04. The molecule has 0 saturated heterocycles. The molecule has 1 atom stereocenters. The van der Waals surface area contributed by atoms with Crippen LogP contribution in [0, 0.1) is 6.92 Å². The summed E-state index contributed by atoms with van der Waals surface area (Å²) in [6.07, 6.45) is 3.53. The summed E-state index contributed by atoms with van der Waals surface area (Å²) >= 11 is 0. The van der Waals surface area contributed by atoms with Gasteiger partial charge in [-0.2, -0.15) is 0 Å². The Balaban J connectivity index is 2.54. The highest BCUT2D eigenvalue weighted by atomic mass is 16.1. The van der Waals surface area contributed by atoms with Gasteiger partial charge in [0.2, 0.25) is 5.91 Å². The second kappa shape index (κ2) is 4.72. The fourth-order valence-electron chi connectivity index (χ4n) is 1.05. The van der Waals surface area contributed by atoms with E-state index in [0.717, 1.165) is 11.1 Å². The molecule has 4 nitrogen and oxygen atoms in total. The Labute approximate surface area is 83.5 Å². The smallest absolute Gasteiger partial charge is 0.234 e. The van der Waals surface area contributed by atoms with Crippen LogP contribution < -0.4 is 11.1 Å². The van der Waals surface area contributed by atoms with Crippen molar-refractivity contribution in [2.24, 2.45) is 5.73 Å². The third-order valence-electron chi connectivity index (χ3n) is 2.17. The minimum Gasteiger partial charge on any atom is -0.368 e. The molecule has 1 heterocycles. The van der Waals surface area contributed by atoms with Gasteiger partial charge in [0.05, 0.1) is 6.04 Å². The van der Waals surface area contributed by atoms with E-state index in [2.05, 4.69) is 10.3 Å². The Hall–Kier alpha value is -1.42. The van der Waals surface area contributed by atoms with Crippen molar-refractivity contribution in [2.75, 3.05) is 0 Å². The van der Waals surface area contributed by atoms with E-state index in [1.54, 1.807) is 19.3 Å². The number of hydrogen-bond donors (Lipinski definition) is 2. The molecule has 1 amide bonds. The summed E-state index contributed by atoms with van der Waals surface area (Å²) in [7, 11) is 0. The van der Waals surface area contributed by atoms with Crippen molar-refractivity contribution in [3.8, 4) is 0 Å². The largest absolute Gasteiger partial charge is 0.368 e. The zero-order valence-corrected chi connectivity index (χ0v) is 8.45. The fraction of sp³-hybridized carbons (Fsp3) is 0.400. The number of aromatic nitrogens is 1. The standard InChI is InChI=1S/C10H15N3O/c1-7-3-4-12-5-9(7)6-13-8(2)10(11)14/h3-5,8,13H,6H2,1-2H3,(H2,11,14). The van der Waals surface area contributed by atoms with Gasteiger partial charge in [0.1, 0.15) is 0 Å². The van der Waals surface area contributed by atoms with E-state index in [0.29, 0.717) is 6.54 Å². The molecule has 1 rings (SSSR count). The first-order valence-corrected chi connectivity index (χ1v) is 4.53. The van der Waals surface area contributed by atoms with Crippen LogP contribution in [0.15, 0.2) is 18.5 Å². The molecular formula is C10H15N3O. The fourth-order valence-corrected chi connectivity index (χ4v) is 1.05. The normalized spacial score (nSPS) is 12.4. The van der Waals surface area contributed by atoms with Gasteiger partial charge in [-0.3, -0.25) is 9.78 Å². The molecule has 0 aliphatic heterocycles. The number of nitrogens with zero attached hydrogens (tertiary/aromatic N) is 1. The summed E-state index contributed by atoms with van der Waals surface area (Å²) in [5.41, 5.74) is 7.36. The minimum absolute atomic E-state index is 0.311. The molecule has 0 aliphatic carbocycles. The van der Waals surface area contributed by atoms with Crippen LogP contribution in [0.3, 0.4) is 0 Å². The monoisotopic (exact) mass is 193 g/mol. The number of carbonyl (C=O) groups excluding carboxylic acids is 1. The van der Waals surface area contributed by atoms with Crippen molar-refractivity contribution in [3.05, 3.63) is 29.6 Å². The van der Waals surface area contributed by atoms with E-state index in [9.17, 15) is 4.79 Å². The lowest BCUT2D eigenvalue weighted by Crippen LogP contribution is -2.38. The Morgan fingerprint density at radius 3 is 3.00 bits per heavy atom. The zero-order chi connectivity index (χ0) is 10.6. The lowest BCUT2D eigenvalue weighted by atomic mass is 10.1. The van der Waals surface area contributed by atoms with Crippen LogP contribution in [0.25, 0.3) is 0 Å². The van der Waals surface area contributed by atoms with Gasteiger partial charge in [-0.1, -0.05) is 0 Å². The molecule has 0 fully saturated rings. The van der Waals surface area contributed by atoms with Gasteiger partial charge in [0, 0.05) is 18.9 Å². The SMILES string of the molecule is Cc1ccncc1CNC(C)C(N)=O. The van der Waals surface area contributed by atoms with Gasteiger partial charge in [-0.05, 0) is 31.0 Å². The van der Waals surface area contributed by atoms with E-state index < -0.39 is 0 Å². The Bertz CT molecular complexity index is 325. The molecule has 0 aromatic carbocycles. The quantitative estimate of drug-likeness (QED) is 0.725. The zero-order valence-electron chi connectivity index (χ0n) is 8.45. The molecule has 0 bridgehead atoms. The minimum atomic E-state index is -0.341. The van der Waals surface area contributed by atoms with Crippen molar-refractivity contribution < 1.29 is 4.79 Å². The van der Waals surface area contributed by atoms with Gasteiger partial charge >= 0.3 is 0 Å². The number of pyridine rings is 1. The van der Waals surface area contributed by atoms with E-state index >= 15 is 0 Å². The molecule has 0 saturated carbocycles. The summed E-state index contributed by atoms with van der Waals surface area (Å²) in [4.78, 5) is 14.8. The van der Waals surface area contributed by atoms with Crippen LogP contribution >= 0.6 is 0 Å². The topological polar surface area (TPSA) is 68.0 Å². The van der Waals surface area contributed by atoms with Gasteiger partial charge in [0.15, 0.2) is 0 Å². The van der Waals surface area contributed by atoms with Crippen molar-refractivity contribution in [2.45, 2.75) is 26.4 Å². The molecule has 1 aromatic rings. The lowest BCUT2D eigenvalue weighted by molar-refractivity contribution is -0.119. The summed E-state index contributed by atoms with van der Waals surface area (Å²) in [5.74, 6) is -0.341. The van der Waals surface area contributed by atoms with E-state index in [1.165, 1.54) is 0 Å². The van der Waals surface area contributed by atoms with Crippen LogP contribution in [0.4, 0.5) is 0 Å². The molecule has 3 N–H and O–H groups in total. The van der Waals surface area contributed by atoms with Crippen molar-refractivity contribution in [1.82, 2.24) is 10.3 Å². The highest BCUT2D eigenvalue weighted by Gasteiger charge is 2.07. The summed E-state index contributed by atoms with van der Waals surface area (Å²) < 4.78 is 0. The van der Waals surface area contributed by atoms with Crippen LogP contribution in [0.1, 0.15) is 18.1 Å². The molecule has 4 heteroatoms. The number of primary amides is 1. The molecule has 1 aromatic heterocycles. The third kappa shape index (κ3) is 2.81. The van der Waals surface area contributed by atoms with Gasteiger partial charge in [-0.15, -0.1) is 0 Å². The van der Waals surface area contributed by atoms with E-state index in [4.69, 9.17) is 5.73 Å². The number of rotatable bonds is 4. The summed E-state index contributed by atoms with van der Waals surface area (Å²) in [5, 5.41) is 3.02. The first kappa shape index (κ1) is 10.7. The number of carbonyl (C=O) groups is 1. The van der Waals surface area contributed by atoms with Gasteiger partial charge < -0.3 is 11.1 Å². The first-order valence-electron chi connectivity index (χ1n) is 4.53. The Morgan fingerprint density at radius 2 is 2.43 bits per heavy atom. The Kier molecular flexibility index (Phi) is 3.59. The molecule has 14 heavy (non-hydrogen) atoms. The average molecular weight is 193 g/mol. The molecule has 1 unspecified atom stereocenters. The van der Waals surface area contributed by atoms with Crippen LogP contribution in [0.5, 0.6) is 0 Å². The lowest BCUT2D eigenvalue weighted by Gasteiger charge is -2.10. The second-order valence-electron chi connectivity index (χ2n) is 3.31. The average Bonchev–Trinajstić information content (AvgIpc) is 2.16. The molecular weight excluding hydrogens is 178 g/mol. The predicted molar refractivity (Wildman–Crippen MR) is 54.5 cm³/mol. The van der Waals surface area contributed by atoms with Gasteiger partial charge in [-0.25, -0.2) is 0 Å². The number of aryl methyl sites for hydroxylation is 1. The van der Waals surface area contributed by atoms with E-state index in [-0.39, 0.29) is 11.9 Å². The molecule has 0 aliphatic rings. The van der Waals surface area contributed by atoms with Crippen LogP contribution in [-0.4, -0.2) is 16.9 Å². The number of nitrogens with two attached hydrogens (primary N) is 1. The molecule has 0 radical (unpaired) electrons. The first-order chi connectivity index (χ1) is 6.61. The number of hydrogen-bond acceptors (Lipinski definition) is 3. The van der Waals surface area contributed by atoms with Crippen molar-refractivity contribution >= 4 is 5.91 Å². The number of nitrogens with one attached hydrogen (secondary N) is 1. The maximum atomic E-state index is 10.7. The van der Waals surface area contributed by atoms with Crippen molar-refractivity contribution in [3.63, 3.8) is 0 Å². The summed E-state index contributed by atoms with van der Waals surface area (Å²) in [6.45, 7) is 4.37. The van der Waals surface area contributed by atoms with Crippen LogP contribution in [-0.2, 0) is 11.3 Å². The maximum absolute atomic E-state index is 10.7. The molecule has 0 spiro atoms. The number of amides is 1. The van der Waals surface area contributed by atoms with Crippen molar-refractivity contribution in [1.29, 1.82) is 0 Å². The third-order valence-corrected chi connectivity index (χ3v) is 2.17. The Morgan fingerprint density at radius 1 is 1.71 bits per heavy atom. The molecule has 76 valence electrons. The van der Waals surface area contributed by atoms with Crippen LogP contribution in [0.2, 0.25) is 0 Å². The van der Waals surface area contributed by atoms with E-state index in [1.807, 2.05) is 13.0 Å². The predicted octanol–water partition coefficient (Wildman–Crippen LogP) is 0.353. The van der Waals surface area contributed by atoms with Gasteiger partial charge in [0.25, 0.3) is 0 Å². The maximum Gasteiger partial charge on any atom is 0.234 e.